The molecule has 2 nitrogen and oxygen atoms in total. The molecule has 0 N–H and O–H groups in total. The largest absolute Gasteiger partial charge is 0.343 e. The topological polar surface area (TPSA) is 20.3 Å². The van der Waals surface area contributed by atoms with E-state index in [1.54, 1.807) is 12.5 Å². The maximum atomic E-state index is 11.8. The van der Waals surface area contributed by atoms with Crippen LogP contribution in [0.25, 0.3) is 0 Å². The molecule has 0 bridgehead atoms. The first-order valence-electron chi connectivity index (χ1n) is 11.7. The van der Waals surface area contributed by atoms with E-state index in [9.17, 15) is 4.79 Å². The van der Waals surface area contributed by atoms with Crippen LogP contribution in [0.2, 0.25) is 0 Å². The van der Waals surface area contributed by atoms with Gasteiger partial charge in [-0.15, -0.1) is 0 Å². The number of fused-ring (bicyclic) bond motifs is 5. The summed E-state index contributed by atoms with van der Waals surface area (Å²) in [6, 6.07) is 0.483. The molecule has 4 rings (SSSR count). The van der Waals surface area contributed by atoms with Crippen LogP contribution in [-0.4, -0.2) is 23.9 Å². The van der Waals surface area contributed by atoms with Gasteiger partial charge >= 0.3 is 0 Å². The van der Waals surface area contributed by atoms with Crippen LogP contribution in [0.5, 0.6) is 0 Å². The zero-order valence-electron chi connectivity index (χ0n) is 19.0. The number of amides is 1. The van der Waals surface area contributed by atoms with Crippen molar-refractivity contribution in [2.45, 2.75) is 99.0 Å². The molecular weight excluding hydrogens is 330 g/mol. The molecule has 0 aliphatic heterocycles. The highest BCUT2D eigenvalue weighted by Crippen LogP contribution is 2.66. The van der Waals surface area contributed by atoms with Crippen LogP contribution in [-0.2, 0) is 4.79 Å². The fourth-order valence-electron chi connectivity index (χ4n) is 7.63. The summed E-state index contributed by atoms with van der Waals surface area (Å²) < 4.78 is 0. The average molecular weight is 374 g/mol. The van der Waals surface area contributed by atoms with E-state index in [1.165, 1.54) is 51.4 Å². The highest BCUT2D eigenvalue weighted by atomic mass is 16.2. The van der Waals surface area contributed by atoms with E-state index < -0.39 is 0 Å². The van der Waals surface area contributed by atoms with Gasteiger partial charge < -0.3 is 4.90 Å². The summed E-state index contributed by atoms with van der Waals surface area (Å²) in [5.74, 6) is 3.84. The number of allylic oxidation sites excluding steroid dienone is 2. The zero-order valence-corrected chi connectivity index (χ0v) is 19.0. The SMILES string of the molecule is CC.CC(=O)N(C)C1CCC2(C)C(CCC3C4CC=C(C)C4(C)CCC32)C1. The van der Waals surface area contributed by atoms with Crippen LogP contribution in [0.1, 0.15) is 92.9 Å². The molecule has 0 aromatic carbocycles. The lowest BCUT2D eigenvalue weighted by Gasteiger charge is -2.61. The highest BCUT2D eigenvalue weighted by molar-refractivity contribution is 5.73. The summed E-state index contributed by atoms with van der Waals surface area (Å²) in [7, 11) is 2.01. The Labute approximate surface area is 168 Å². The number of carbonyl (C=O) groups excluding carboxylic acids is 1. The highest BCUT2D eigenvalue weighted by Gasteiger charge is 2.58. The van der Waals surface area contributed by atoms with Crippen molar-refractivity contribution < 1.29 is 4.79 Å². The summed E-state index contributed by atoms with van der Waals surface area (Å²) in [5, 5.41) is 0. The smallest absolute Gasteiger partial charge is 0.219 e. The van der Waals surface area contributed by atoms with E-state index in [0.29, 0.717) is 16.9 Å². The van der Waals surface area contributed by atoms with Gasteiger partial charge in [0.25, 0.3) is 0 Å². The Kier molecular flexibility index (Phi) is 5.86. The molecule has 27 heavy (non-hydrogen) atoms. The number of nitrogens with zero attached hydrogens (tertiary/aromatic N) is 1. The minimum Gasteiger partial charge on any atom is -0.343 e. The third-order valence-corrected chi connectivity index (χ3v) is 9.65. The Balaban J connectivity index is 0.00000102. The third-order valence-electron chi connectivity index (χ3n) is 9.65. The monoisotopic (exact) mass is 373 g/mol. The van der Waals surface area contributed by atoms with Crippen LogP contribution in [0, 0.1) is 34.5 Å². The van der Waals surface area contributed by atoms with E-state index in [-0.39, 0.29) is 5.91 Å². The van der Waals surface area contributed by atoms with Crippen molar-refractivity contribution in [3.8, 4) is 0 Å². The first-order valence-corrected chi connectivity index (χ1v) is 11.7. The molecule has 7 atom stereocenters. The second-order valence-corrected chi connectivity index (χ2v) is 10.3. The van der Waals surface area contributed by atoms with Crippen molar-refractivity contribution in [2.75, 3.05) is 7.05 Å². The Morgan fingerprint density at radius 2 is 1.78 bits per heavy atom. The first-order chi connectivity index (χ1) is 12.8. The predicted octanol–water partition coefficient (Wildman–Crippen LogP) is 6.46. The molecule has 0 aromatic rings. The molecule has 4 aliphatic carbocycles. The molecule has 4 aliphatic rings. The van der Waals surface area contributed by atoms with Gasteiger partial charge in [-0.3, -0.25) is 4.79 Å². The molecule has 3 saturated carbocycles. The second-order valence-electron chi connectivity index (χ2n) is 10.3. The van der Waals surface area contributed by atoms with Crippen LogP contribution < -0.4 is 0 Å². The van der Waals surface area contributed by atoms with Crippen LogP contribution in [0.15, 0.2) is 11.6 Å². The predicted molar refractivity (Wildman–Crippen MR) is 114 cm³/mol. The molecule has 154 valence electrons. The van der Waals surface area contributed by atoms with Gasteiger partial charge in [-0.1, -0.05) is 39.3 Å². The van der Waals surface area contributed by atoms with Gasteiger partial charge in [0.1, 0.15) is 0 Å². The van der Waals surface area contributed by atoms with Crippen LogP contribution in [0.3, 0.4) is 0 Å². The fraction of sp³-hybridized carbons (Fsp3) is 0.880. The van der Waals surface area contributed by atoms with Gasteiger partial charge in [0, 0.05) is 20.0 Å². The van der Waals surface area contributed by atoms with E-state index in [1.807, 2.05) is 25.8 Å². The average Bonchev–Trinajstić information content (AvgIpc) is 2.97. The van der Waals surface area contributed by atoms with Crippen molar-refractivity contribution in [3.05, 3.63) is 11.6 Å². The van der Waals surface area contributed by atoms with E-state index in [2.05, 4.69) is 26.8 Å². The van der Waals surface area contributed by atoms with Gasteiger partial charge in [-0.25, -0.2) is 0 Å². The summed E-state index contributed by atoms with van der Waals surface area (Å²) in [5.41, 5.74) is 2.70. The van der Waals surface area contributed by atoms with Gasteiger partial charge in [-0.05, 0) is 92.8 Å². The normalized spacial score (nSPS) is 45.4. The molecule has 0 radical (unpaired) electrons. The quantitative estimate of drug-likeness (QED) is 0.483. The lowest BCUT2D eigenvalue weighted by molar-refractivity contribution is -0.136. The summed E-state index contributed by atoms with van der Waals surface area (Å²) in [6.07, 6.45) is 13.3. The maximum absolute atomic E-state index is 11.8. The van der Waals surface area contributed by atoms with Gasteiger partial charge in [0.2, 0.25) is 5.91 Å². The Hall–Kier alpha value is -0.790. The van der Waals surface area contributed by atoms with E-state index in [4.69, 9.17) is 0 Å². The van der Waals surface area contributed by atoms with Crippen molar-refractivity contribution >= 4 is 5.91 Å². The molecule has 0 aromatic heterocycles. The zero-order chi connectivity index (χ0) is 20.0. The first kappa shape index (κ1) is 20.9. The molecule has 2 heteroatoms. The van der Waals surface area contributed by atoms with Crippen LogP contribution in [0.4, 0.5) is 0 Å². The van der Waals surface area contributed by atoms with Crippen molar-refractivity contribution in [1.82, 2.24) is 4.90 Å². The summed E-state index contributed by atoms with van der Waals surface area (Å²) >= 11 is 0. The number of rotatable bonds is 1. The molecule has 0 saturated heterocycles. The number of carbonyl (C=O) groups is 1. The summed E-state index contributed by atoms with van der Waals surface area (Å²) in [4.78, 5) is 13.8. The summed E-state index contributed by atoms with van der Waals surface area (Å²) in [6.45, 7) is 13.3. The van der Waals surface area contributed by atoms with E-state index in [0.717, 1.165) is 23.7 Å². The molecule has 1 amide bonds. The maximum Gasteiger partial charge on any atom is 0.219 e. The van der Waals surface area contributed by atoms with Crippen molar-refractivity contribution in [1.29, 1.82) is 0 Å². The number of hydrogen-bond acceptors (Lipinski definition) is 1. The van der Waals surface area contributed by atoms with Crippen molar-refractivity contribution in [2.24, 2.45) is 34.5 Å². The Bertz CT molecular complexity index is 595. The van der Waals surface area contributed by atoms with Crippen LogP contribution >= 0.6 is 0 Å². The standard InChI is InChI=1S/C23H37NO.C2H6/c1-15-6-9-20-19-8-7-17-14-18(24(5)16(2)25)10-12-23(17,4)21(19)11-13-22(15,20)3;1-2/h6,17-21H,7-14H2,1-5H3;1-2H3. The number of hydrogen-bond donors (Lipinski definition) is 0. The third kappa shape index (κ3) is 3.19. The molecule has 0 heterocycles. The molecule has 3 fully saturated rings. The van der Waals surface area contributed by atoms with Crippen molar-refractivity contribution in [3.63, 3.8) is 0 Å². The fourth-order valence-corrected chi connectivity index (χ4v) is 7.63. The minimum atomic E-state index is 0.239. The second kappa shape index (κ2) is 7.56. The van der Waals surface area contributed by atoms with Gasteiger partial charge in [0.15, 0.2) is 0 Å². The molecular formula is C25H43NO. The molecule has 0 spiro atoms. The van der Waals surface area contributed by atoms with Gasteiger partial charge in [-0.2, -0.15) is 0 Å². The van der Waals surface area contributed by atoms with E-state index >= 15 is 0 Å². The lowest BCUT2D eigenvalue weighted by Crippen LogP contribution is -2.55. The Morgan fingerprint density at radius 1 is 1.07 bits per heavy atom. The lowest BCUT2D eigenvalue weighted by atomic mass is 9.44. The van der Waals surface area contributed by atoms with Gasteiger partial charge in [0.05, 0.1) is 0 Å². The minimum absolute atomic E-state index is 0.239. The molecule has 7 unspecified atom stereocenters. The Morgan fingerprint density at radius 3 is 2.44 bits per heavy atom.